The fraction of sp³-hybridized carbons (Fsp3) is 0.875. The molecule has 0 aromatic carbocycles. The summed E-state index contributed by atoms with van der Waals surface area (Å²) in [5, 5.41) is 4.17. The number of nitrogens with zero attached hydrogens (tertiary/aromatic N) is 1. The maximum absolute atomic E-state index is 4.17. The first-order valence-corrected chi connectivity index (χ1v) is 4.07. The van der Waals surface area contributed by atoms with Gasteiger partial charge in [-0.15, -0.1) is 0 Å². The number of rotatable bonds is 5. The molecule has 0 aromatic rings. The monoisotopic (exact) mass is 142 g/mol. The SMILES string of the molecule is CCCN/N=C(\C)CCC. The highest BCUT2D eigenvalue weighted by Crippen LogP contribution is 1.89. The lowest BCUT2D eigenvalue weighted by atomic mass is 10.2. The smallest absolute Gasteiger partial charge is 0.0347 e. The van der Waals surface area contributed by atoms with Crippen LogP contribution in [0.25, 0.3) is 0 Å². The molecule has 0 unspecified atom stereocenters. The second-order valence-electron chi connectivity index (χ2n) is 2.51. The van der Waals surface area contributed by atoms with Gasteiger partial charge in [0.2, 0.25) is 0 Å². The van der Waals surface area contributed by atoms with Gasteiger partial charge in [0.25, 0.3) is 0 Å². The van der Waals surface area contributed by atoms with Crippen LogP contribution in [-0.4, -0.2) is 12.3 Å². The molecule has 0 aromatic heterocycles. The van der Waals surface area contributed by atoms with Crippen LogP contribution < -0.4 is 5.43 Å². The molecule has 0 rings (SSSR count). The van der Waals surface area contributed by atoms with Gasteiger partial charge in [-0.25, -0.2) is 0 Å². The Morgan fingerprint density at radius 2 is 2.00 bits per heavy atom. The fourth-order valence-corrected chi connectivity index (χ4v) is 0.720. The second kappa shape index (κ2) is 6.59. The van der Waals surface area contributed by atoms with E-state index in [0.717, 1.165) is 19.4 Å². The van der Waals surface area contributed by atoms with Crippen LogP contribution >= 0.6 is 0 Å². The quantitative estimate of drug-likeness (QED) is 0.355. The first-order chi connectivity index (χ1) is 4.81. The van der Waals surface area contributed by atoms with Gasteiger partial charge in [-0.05, 0) is 19.8 Å². The molecule has 0 heterocycles. The molecule has 0 radical (unpaired) electrons. The Morgan fingerprint density at radius 1 is 1.30 bits per heavy atom. The summed E-state index contributed by atoms with van der Waals surface area (Å²) in [5.74, 6) is 0. The zero-order valence-corrected chi connectivity index (χ0v) is 7.28. The van der Waals surface area contributed by atoms with Crippen LogP contribution in [0.4, 0.5) is 0 Å². The van der Waals surface area contributed by atoms with Gasteiger partial charge in [-0.2, -0.15) is 5.10 Å². The molecule has 60 valence electrons. The van der Waals surface area contributed by atoms with Crippen molar-refractivity contribution in [3.8, 4) is 0 Å². The predicted octanol–water partition coefficient (Wildman–Crippen LogP) is 2.16. The van der Waals surface area contributed by atoms with Crippen LogP contribution in [0.5, 0.6) is 0 Å². The van der Waals surface area contributed by atoms with Crippen molar-refractivity contribution in [3.05, 3.63) is 0 Å². The summed E-state index contributed by atoms with van der Waals surface area (Å²) in [7, 11) is 0. The largest absolute Gasteiger partial charge is 0.310 e. The van der Waals surface area contributed by atoms with Crippen molar-refractivity contribution in [2.24, 2.45) is 5.10 Å². The first-order valence-electron chi connectivity index (χ1n) is 4.07. The molecule has 0 saturated carbocycles. The van der Waals surface area contributed by atoms with E-state index in [9.17, 15) is 0 Å². The average Bonchev–Trinajstić information content (AvgIpc) is 1.89. The molecule has 2 heteroatoms. The highest BCUT2D eigenvalue weighted by atomic mass is 15.3. The zero-order chi connectivity index (χ0) is 7.82. The van der Waals surface area contributed by atoms with E-state index >= 15 is 0 Å². The van der Waals surface area contributed by atoms with Gasteiger partial charge in [0.15, 0.2) is 0 Å². The van der Waals surface area contributed by atoms with Gasteiger partial charge in [-0.3, -0.25) is 0 Å². The third-order valence-corrected chi connectivity index (χ3v) is 1.24. The molecule has 0 aliphatic rings. The Kier molecular flexibility index (Phi) is 6.24. The van der Waals surface area contributed by atoms with Crippen molar-refractivity contribution in [1.82, 2.24) is 5.43 Å². The molecule has 10 heavy (non-hydrogen) atoms. The molecular formula is C8H18N2. The molecule has 0 aliphatic carbocycles. The van der Waals surface area contributed by atoms with E-state index in [1.54, 1.807) is 0 Å². The topological polar surface area (TPSA) is 24.4 Å². The molecule has 0 atom stereocenters. The second-order valence-corrected chi connectivity index (χ2v) is 2.51. The normalized spacial score (nSPS) is 11.7. The van der Waals surface area contributed by atoms with Crippen LogP contribution in [0.3, 0.4) is 0 Å². The van der Waals surface area contributed by atoms with Crippen LogP contribution in [0, 0.1) is 0 Å². The Balaban J connectivity index is 3.28. The summed E-state index contributed by atoms with van der Waals surface area (Å²) in [5.41, 5.74) is 4.21. The molecule has 2 nitrogen and oxygen atoms in total. The van der Waals surface area contributed by atoms with E-state index in [1.807, 2.05) is 0 Å². The van der Waals surface area contributed by atoms with Crippen molar-refractivity contribution in [2.45, 2.75) is 40.0 Å². The number of hydrazone groups is 1. The van der Waals surface area contributed by atoms with Crippen LogP contribution in [-0.2, 0) is 0 Å². The van der Waals surface area contributed by atoms with E-state index in [1.165, 1.54) is 12.1 Å². The standard InChI is InChI=1S/C8H18N2/c1-4-6-8(3)10-9-7-5-2/h9H,4-7H2,1-3H3/b10-8+. The fourth-order valence-electron chi connectivity index (χ4n) is 0.720. The minimum absolute atomic E-state index is 0.987. The van der Waals surface area contributed by atoms with Crippen LogP contribution in [0.2, 0.25) is 0 Å². The molecule has 0 spiro atoms. The van der Waals surface area contributed by atoms with Gasteiger partial charge in [0, 0.05) is 12.3 Å². The summed E-state index contributed by atoms with van der Waals surface area (Å²) in [6.45, 7) is 7.35. The maximum atomic E-state index is 4.17. The number of hydrogen-bond donors (Lipinski definition) is 1. The Hall–Kier alpha value is -0.530. The van der Waals surface area contributed by atoms with Crippen molar-refractivity contribution >= 4 is 5.71 Å². The predicted molar refractivity (Wildman–Crippen MR) is 46.3 cm³/mol. The Morgan fingerprint density at radius 3 is 2.50 bits per heavy atom. The Labute approximate surface area is 63.7 Å². The lowest BCUT2D eigenvalue weighted by Crippen LogP contribution is -2.09. The van der Waals surface area contributed by atoms with E-state index < -0.39 is 0 Å². The molecule has 0 bridgehead atoms. The third-order valence-electron chi connectivity index (χ3n) is 1.24. The number of hydrogen-bond acceptors (Lipinski definition) is 2. The van der Waals surface area contributed by atoms with Gasteiger partial charge in [-0.1, -0.05) is 20.3 Å². The minimum atomic E-state index is 0.987. The average molecular weight is 142 g/mol. The van der Waals surface area contributed by atoms with E-state index in [-0.39, 0.29) is 0 Å². The maximum Gasteiger partial charge on any atom is 0.0347 e. The van der Waals surface area contributed by atoms with Crippen molar-refractivity contribution in [2.75, 3.05) is 6.54 Å². The summed E-state index contributed by atoms with van der Waals surface area (Å²) < 4.78 is 0. The molecule has 0 saturated heterocycles. The molecule has 0 aliphatic heterocycles. The molecule has 0 amide bonds. The Bertz CT molecular complexity index is 97.4. The first kappa shape index (κ1) is 9.47. The molecule has 1 N–H and O–H groups in total. The van der Waals surface area contributed by atoms with E-state index in [4.69, 9.17) is 0 Å². The summed E-state index contributed by atoms with van der Waals surface area (Å²) in [6, 6.07) is 0. The minimum Gasteiger partial charge on any atom is -0.310 e. The van der Waals surface area contributed by atoms with Crippen LogP contribution in [0.15, 0.2) is 5.10 Å². The van der Waals surface area contributed by atoms with Crippen molar-refractivity contribution in [3.63, 3.8) is 0 Å². The van der Waals surface area contributed by atoms with E-state index in [2.05, 4.69) is 31.3 Å². The van der Waals surface area contributed by atoms with Gasteiger partial charge >= 0.3 is 0 Å². The lowest BCUT2D eigenvalue weighted by molar-refractivity contribution is 0.711. The summed E-state index contributed by atoms with van der Waals surface area (Å²) >= 11 is 0. The third kappa shape index (κ3) is 5.60. The summed E-state index contributed by atoms with van der Waals surface area (Å²) in [6.07, 6.45) is 3.43. The lowest BCUT2D eigenvalue weighted by Gasteiger charge is -1.98. The zero-order valence-electron chi connectivity index (χ0n) is 7.28. The van der Waals surface area contributed by atoms with Crippen LogP contribution in [0.1, 0.15) is 40.0 Å². The highest BCUT2D eigenvalue weighted by molar-refractivity contribution is 5.81. The summed E-state index contributed by atoms with van der Waals surface area (Å²) in [4.78, 5) is 0. The van der Waals surface area contributed by atoms with E-state index in [0.29, 0.717) is 0 Å². The van der Waals surface area contributed by atoms with Gasteiger partial charge < -0.3 is 5.43 Å². The highest BCUT2D eigenvalue weighted by Gasteiger charge is 1.86. The molecular weight excluding hydrogens is 124 g/mol. The molecule has 0 fully saturated rings. The number of nitrogens with one attached hydrogen (secondary N) is 1. The van der Waals surface area contributed by atoms with Gasteiger partial charge in [0.05, 0.1) is 0 Å². The van der Waals surface area contributed by atoms with Crippen molar-refractivity contribution in [1.29, 1.82) is 0 Å². The van der Waals surface area contributed by atoms with Gasteiger partial charge in [0.1, 0.15) is 0 Å². The van der Waals surface area contributed by atoms with Crippen molar-refractivity contribution < 1.29 is 0 Å².